The third kappa shape index (κ3) is 1.77. The van der Waals surface area contributed by atoms with Gasteiger partial charge >= 0.3 is 0 Å². The number of rotatable bonds is 2. The molecule has 2 rings (SSSR count). The molecule has 0 N–H and O–H groups in total. The van der Waals surface area contributed by atoms with Crippen LogP contribution in [0.3, 0.4) is 0 Å². The Morgan fingerprint density at radius 2 is 1.93 bits per heavy atom. The van der Waals surface area contributed by atoms with Crippen LogP contribution in [-0.2, 0) is 6.42 Å². The maximum atomic E-state index is 4.86. The highest BCUT2D eigenvalue weighted by molar-refractivity contribution is 7.80. The largest absolute Gasteiger partial charge is 0.225 e. The molecule has 1 heterocycles. The van der Waals surface area contributed by atoms with E-state index < -0.39 is 0 Å². The maximum Gasteiger partial charge on any atom is 0.219 e. The van der Waals surface area contributed by atoms with E-state index in [0.717, 1.165) is 17.7 Å². The van der Waals surface area contributed by atoms with Crippen molar-refractivity contribution in [1.29, 1.82) is 0 Å². The average Bonchev–Trinajstić information content (AvgIpc) is 2.65. The standard InChI is InChI=1S/C11H10N2S/c1-2-8-3-5-9(6-4-8)10-7-12-11(14)13-10/h3-7H,2H2,1H3. The minimum atomic E-state index is 0.416. The average molecular weight is 202 g/mol. The molecule has 0 unspecified atom stereocenters. The number of nitrogens with zero attached hydrogens (tertiary/aromatic N) is 2. The number of hydrogen-bond acceptors (Lipinski definition) is 1. The summed E-state index contributed by atoms with van der Waals surface area (Å²) in [5.74, 6) is 0. The zero-order chi connectivity index (χ0) is 9.97. The summed E-state index contributed by atoms with van der Waals surface area (Å²) in [4.78, 5) is 8.08. The van der Waals surface area contributed by atoms with E-state index in [-0.39, 0.29) is 0 Å². The number of thiocarbonyl (C=S) groups is 1. The van der Waals surface area contributed by atoms with Crippen molar-refractivity contribution >= 4 is 29.3 Å². The zero-order valence-corrected chi connectivity index (χ0v) is 8.71. The third-order valence-corrected chi connectivity index (χ3v) is 2.37. The fourth-order valence-electron chi connectivity index (χ4n) is 1.33. The first-order valence-electron chi connectivity index (χ1n) is 4.55. The van der Waals surface area contributed by atoms with Gasteiger partial charge in [0.1, 0.15) is 0 Å². The van der Waals surface area contributed by atoms with Gasteiger partial charge in [0.15, 0.2) is 0 Å². The molecule has 1 aromatic rings. The van der Waals surface area contributed by atoms with Crippen molar-refractivity contribution in [2.24, 2.45) is 9.98 Å². The molecule has 1 aliphatic rings. The Kier molecular flexibility index (Phi) is 2.50. The molecule has 0 saturated carbocycles. The Balaban J connectivity index is 2.30. The molecule has 0 atom stereocenters. The highest BCUT2D eigenvalue weighted by atomic mass is 32.1. The maximum absolute atomic E-state index is 4.86. The third-order valence-electron chi connectivity index (χ3n) is 2.17. The van der Waals surface area contributed by atoms with Crippen LogP contribution in [0, 0.1) is 0 Å². The molecule has 0 fully saturated rings. The smallest absolute Gasteiger partial charge is 0.219 e. The van der Waals surface area contributed by atoms with Gasteiger partial charge in [-0.25, -0.2) is 9.98 Å². The molecule has 1 aromatic carbocycles. The van der Waals surface area contributed by atoms with Crippen molar-refractivity contribution in [3.05, 3.63) is 35.4 Å². The van der Waals surface area contributed by atoms with Crippen molar-refractivity contribution < 1.29 is 0 Å². The molecule has 2 nitrogen and oxygen atoms in total. The van der Waals surface area contributed by atoms with Crippen molar-refractivity contribution in [3.8, 4) is 0 Å². The minimum Gasteiger partial charge on any atom is -0.225 e. The van der Waals surface area contributed by atoms with E-state index in [1.165, 1.54) is 5.56 Å². The Labute approximate surface area is 88.4 Å². The molecule has 0 aromatic heterocycles. The molecule has 0 amide bonds. The van der Waals surface area contributed by atoms with E-state index in [4.69, 9.17) is 12.2 Å². The van der Waals surface area contributed by atoms with Gasteiger partial charge in [0.25, 0.3) is 0 Å². The summed E-state index contributed by atoms with van der Waals surface area (Å²) in [5.41, 5.74) is 3.26. The summed E-state index contributed by atoms with van der Waals surface area (Å²) in [6.45, 7) is 2.14. The molecule has 0 saturated heterocycles. The van der Waals surface area contributed by atoms with E-state index in [1.54, 1.807) is 6.21 Å². The van der Waals surface area contributed by atoms with Crippen LogP contribution in [0.4, 0.5) is 0 Å². The van der Waals surface area contributed by atoms with Gasteiger partial charge in [0.05, 0.1) is 11.9 Å². The molecule has 0 aliphatic carbocycles. The monoisotopic (exact) mass is 202 g/mol. The summed E-state index contributed by atoms with van der Waals surface area (Å²) in [6.07, 6.45) is 2.77. The van der Waals surface area contributed by atoms with Gasteiger partial charge < -0.3 is 0 Å². The van der Waals surface area contributed by atoms with Crippen LogP contribution in [0.2, 0.25) is 0 Å². The normalized spacial score (nSPS) is 14.6. The molecule has 3 heteroatoms. The van der Waals surface area contributed by atoms with Crippen LogP contribution in [0.15, 0.2) is 34.3 Å². The first-order valence-corrected chi connectivity index (χ1v) is 4.96. The fraction of sp³-hybridized carbons (Fsp3) is 0.182. The van der Waals surface area contributed by atoms with Gasteiger partial charge in [-0.05, 0) is 24.2 Å². The second kappa shape index (κ2) is 3.80. The topological polar surface area (TPSA) is 24.7 Å². The highest BCUT2D eigenvalue weighted by Gasteiger charge is 2.06. The molecule has 0 spiro atoms. The van der Waals surface area contributed by atoms with Gasteiger partial charge in [0.2, 0.25) is 5.11 Å². The Hall–Kier alpha value is -1.35. The van der Waals surface area contributed by atoms with Gasteiger partial charge in [-0.2, -0.15) is 0 Å². The van der Waals surface area contributed by atoms with Gasteiger partial charge in [0, 0.05) is 5.56 Å². The minimum absolute atomic E-state index is 0.416. The van der Waals surface area contributed by atoms with Crippen LogP contribution in [-0.4, -0.2) is 17.0 Å². The lowest BCUT2D eigenvalue weighted by Gasteiger charge is -1.99. The first-order chi connectivity index (χ1) is 6.79. The van der Waals surface area contributed by atoms with Crippen LogP contribution < -0.4 is 0 Å². The summed E-state index contributed by atoms with van der Waals surface area (Å²) in [7, 11) is 0. The van der Waals surface area contributed by atoms with E-state index in [2.05, 4.69) is 41.2 Å². The molecule has 0 bridgehead atoms. The molecule has 1 aliphatic heterocycles. The van der Waals surface area contributed by atoms with Crippen LogP contribution >= 0.6 is 12.2 Å². The SMILES string of the molecule is CCc1ccc(C2=NC(=S)N=C2)cc1. The number of aryl methyl sites for hydroxylation is 1. The van der Waals surface area contributed by atoms with E-state index in [1.807, 2.05) is 0 Å². The Morgan fingerprint density at radius 3 is 2.43 bits per heavy atom. The van der Waals surface area contributed by atoms with Gasteiger partial charge in [-0.1, -0.05) is 31.2 Å². The molecular weight excluding hydrogens is 192 g/mol. The number of benzene rings is 1. The number of aliphatic imine (C=N–C) groups is 2. The molecule has 14 heavy (non-hydrogen) atoms. The summed E-state index contributed by atoms with van der Waals surface area (Å²) in [5, 5.41) is 0.416. The van der Waals surface area contributed by atoms with Crippen LogP contribution in [0.1, 0.15) is 18.1 Å². The second-order valence-electron chi connectivity index (χ2n) is 3.09. The van der Waals surface area contributed by atoms with E-state index >= 15 is 0 Å². The van der Waals surface area contributed by atoms with Crippen molar-refractivity contribution in [2.75, 3.05) is 0 Å². The molecule has 70 valence electrons. The van der Waals surface area contributed by atoms with Crippen molar-refractivity contribution in [3.63, 3.8) is 0 Å². The Bertz CT molecular complexity index is 415. The summed E-state index contributed by atoms with van der Waals surface area (Å²) >= 11 is 4.86. The lowest BCUT2D eigenvalue weighted by molar-refractivity contribution is 1.14. The van der Waals surface area contributed by atoms with Gasteiger partial charge in [-0.3, -0.25) is 0 Å². The lowest BCUT2D eigenvalue weighted by atomic mass is 10.1. The zero-order valence-electron chi connectivity index (χ0n) is 7.90. The first kappa shape index (κ1) is 9.21. The number of hydrogen-bond donors (Lipinski definition) is 0. The van der Waals surface area contributed by atoms with Gasteiger partial charge in [-0.15, -0.1) is 0 Å². The second-order valence-corrected chi connectivity index (χ2v) is 3.45. The summed E-state index contributed by atoms with van der Waals surface area (Å²) < 4.78 is 0. The lowest BCUT2D eigenvalue weighted by Crippen LogP contribution is -1.98. The Morgan fingerprint density at radius 1 is 1.21 bits per heavy atom. The van der Waals surface area contributed by atoms with E-state index in [9.17, 15) is 0 Å². The fourth-order valence-corrected chi connectivity index (χ4v) is 1.48. The van der Waals surface area contributed by atoms with E-state index in [0.29, 0.717) is 5.11 Å². The predicted octanol–water partition coefficient (Wildman–Crippen LogP) is 2.41. The van der Waals surface area contributed by atoms with Crippen LogP contribution in [0.25, 0.3) is 0 Å². The molecule has 0 radical (unpaired) electrons. The van der Waals surface area contributed by atoms with Crippen molar-refractivity contribution in [1.82, 2.24) is 0 Å². The van der Waals surface area contributed by atoms with Crippen molar-refractivity contribution in [2.45, 2.75) is 13.3 Å². The highest BCUT2D eigenvalue weighted by Crippen LogP contribution is 2.08. The van der Waals surface area contributed by atoms with Crippen LogP contribution in [0.5, 0.6) is 0 Å². The summed E-state index contributed by atoms with van der Waals surface area (Å²) in [6, 6.07) is 8.31. The quantitative estimate of drug-likeness (QED) is 0.676. The molecular formula is C11H10N2S. The predicted molar refractivity (Wildman–Crippen MR) is 63.4 cm³/mol.